The second-order valence-electron chi connectivity index (χ2n) is 5.66. The summed E-state index contributed by atoms with van der Waals surface area (Å²) in [7, 11) is 1.67. The van der Waals surface area contributed by atoms with Gasteiger partial charge in [-0.05, 0) is 67.5 Å². The van der Waals surface area contributed by atoms with Crippen LogP contribution in [0.5, 0.6) is 5.75 Å². The number of hydrogen-bond donors (Lipinski definition) is 0. The van der Waals surface area contributed by atoms with Crippen LogP contribution in [0.2, 0.25) is 0 Å². The number of Topliss-reactive ketones (excluding diaryl/α,β-unsaturated/α-hetero) is 1. The van der Waals surface area contributed by atoms with Gasteiger partial charge in [0.25, 0.3) is 0 Å². The number of carbonyl (C=O) groups is 1. The van der Waals surface area contributed by atoms with Crippen molar-refractivity contribution in [2.75, 3.05) is 7.11 Å². The molecule has 2 nitrogen and oxygen atoms in total. The summed E-state index contributed by atoms with van der Waals surface area (Å²) in [5, 5.41) is 0. The van der Waals surface area contributed by atoms with Crippen LogP contribution in [0.3, 0.4) is 0 Å². The number of aryl methyl sites for hydroxylation is 2. The number of ketones is 1. The maximum Gasteiger partial charge on any atom is 0.159 e. The average molecular weight is 280 g/mol. The molecule has 0 aromatic heterocycles. The van der Waals surface area contributed by atoms with Crippen molar-refractivity contribution in [3.05, 3.63) is 53.1 Å². The fourth-order valence-corrected chi connectivity index (χ4v) is 3.05. The predicted octanol–water partition coefficient (Wildman–Crippen LogP) is 4.44. The number of benzene rings is 2. The van der Waals surface area contributed by atoms with Crippen molar-refractivity contribution in [3.8, 4) is 16.9 Å². The minimum absolute atomic E-state index is 0.0804. The first kappa shape index (κ1) is 13.9. The van der Waals surface area contributed by atoms with Crippen molar-refractivity contribution < 1.29 is 9.53 Å². The van der Waals surface area contributed by atoms with E-state index in [1.165, 1.54) is 30.4 Å². The van der Waals surface area contributed by atoms with Crippen molar-refractivity contribution in [2.45, 2.75) is 32.6 Å². The van der Waals surface area contributed by atoms with Crippen molar-refractivity contribution in [3.63, 3.8) is 0 Å². The molecule has 0 aliphatic heterocycles. The molecule has 0 radical (unpaired) electrons. The molecule has 0 heterocycles. The number of methoxy groups -OCH3 is 1. The molecule has 0 saturated heterocycles. The van der Waals surface area contributed by atoms with Crippen LogP contribution < -0.4 is 4.74 Å². The van der Waals surface area contributed by atoms with Crippen LogP contribution in [-0.2, 0) is 12.8 Å². The second kappa shape index (κ2) is 5.72. The van der Waals surface area contributed by atoms with E-state index in [1.54, 1.807) is 14.0 Å². The van der Waals surface area contributed by atoms with Gasteiger partial charge in [0.05, 0.1) is 7.11 Å². The molecule has 0 N–H and O–H groups in total. The molecule has 2 heteroatoms. The highest BCUT2D eigenvalue weighted by Crippen LogP contribution is 2.34. The minimum atomic E-state index is 0.0804. The van der Waals surface area contributed by atoms with Gasteiger partial charge in [0.2, 0.25) is 0 Å². The summed E-state index contributed by atoms with van der Waals surface area (Å²) in [5.74, 6) is 0.896. The molecule has 0 bridgehead atoms. The van der Waals surface area contributed by atoms with Gasteiger partial charge in [-0.3, -0.25) is 4.79 Å². The highest BCUT2D eigenvalue weighted by atomic mass is 16.5. The Kier molecular flexibility index (Phi) is 3.78. The van der Waals surface area contributed by atoms with Crippen molar-refractivity contribution >= 4 is 5.78 Å². The normalized spacial score (nSPS) is 13.6. The van der Waals surface area contributed by atoms with E-state index in [4.69, 9.17) is 4.74 Å². The van der Waals surface area contributed by atoms with Gasteiger partial charge >= 0.3 is 0 Å². The molecule has 0 spiro atoms. The van der Waals surface area contributed by atoms with Gasteiger partial charge in [-0.2, -0.15) is 0 Å². The van der Waals surface area contributed by atoms with Gasteiger partial charge in [-0.25, -0.2) is 0 Å². The topological polar surface area (TPSA) is 26.3 Å². The van der Waals surface area contributed by atoms with Gasteiger partial charge in [-0.1, -0.05) is 18.2 Å². The van der Waals surface area contributed by atoms with Crippen LogP contribution >= 0.6 is 0 Å². The molecule has 0 atom stereocenters. The van der Waals surface area contributed by atoms with Gasteiger partial charge < -0.3 is 4.74 Å². The van der Waals surface area contributed by atoms with E-state index < -0.39 is 0 Å². The largest absolute Gasteiger partial charge is 0.496 e. The molecular weight excluding hydrogens is 260 g/mol. The summed E-state index contributed by atoms with van der Waals surface area (Å²) in [6.07, 6.45) is 4.88. The maximum absolute atomic E-state index is 11.6. The van der Waals surface area contributed by atoms with Gasteiger partial charge in [-0.15, -0.1) is 0 Å². The number of ether oxygens (including phenoxy) is 1. The first-order valence-electron chi connectivity index (χ1n) is 7.50. The Morgan fingerprint density at radius 3 is 2.48 bits per heavy atom. The van der Waals surface area contributed by atoms with E-state index in [1.807, 2.05) is 18.2 Å². The van der Waals surface area contributed by atoms with Crippen molar-refractivity contribution in [2.24, 2.45) is 0 Å². The zero-order valence-corrected chi connectivity index (χ0v) is 12.6. The van der Waals surface area contributed by atoms with Gasteiger partial charge in [0.1, 0.15) is 5.75 Å². The zero-order chi connectivity index (χ0) is 14.8. The maximum atomic E-state index is 11.6. The number of rotatable bonds is 3. The molecule has 0 saturated carbocycles. The summed E-state index contributed by atoms with van der Waals surface area (Å²) in [5.41, 5.74) is 5.76. The lowest BCUT2D eigenvalue weighted by Gasteiger charge is -2.17. The van der Waals surface area contributed by atoms with E-state index in [0.717, 1.165) is 28.9 Å². The molecular formula is C19H20O2. The Hall–Kier alpha value is -2.09. The van der Waals surface area contributed by atoms with Crippen LogP contribution in [0.4, 0.5) is 0 Å². The molecule has 0 unspecified atom stereocenters. The predicted molar refractivity (Wildman–Crippen MR) is 85.1 cm³/mol. The quantitative estimate of drug-likeness (QED) is 0.777. The Morgan fingerprint density at radius 1 is 1.00 bits per heavy atom. The molecule has 1 aliphatic rings. The fraction of sp³-hybridized carbons (Fsp3) is 0.316. The SMILES string of the molecule is COc1ccc(C(C)=O)cc1-c1ccc2c(c1)CCCC2. The Balaban J connectivity index is 2.10. The minimum Gasteiger partial charge on any atom is -0.496 e. The number of hydrogen-bond acceptors (Lipinski definition) is 2. The van der Waals surface area contributed by atoms with Crippen molar-refractivity contribution in [1.82, 2.24) is 0 Å². The fourth-order valence-electron chi connectivity index (χ4n) is 3.05. The molecule has 108 valence electrons. The lowest BCUT2D eigenvalue weighted by molar-refractivity contribution is 0.101. The number of carbonyl (C=O) groups excluding carboxylic acids is 1. The van der Waals surface area contributed by atoms with E-state index in [9.17, 15) is 4.79 Å². The highest BCUT2D eigenvalue weighted by molar-refractivity contribution is 5.96. The van der Waals surface area contributed by atoms with Crippen LogP contribution in [0.1, 0.15) is 41.3 Å². The Labute approximate surface area is 125 Å². The Morgan fingerprint density at radius 2 is 1.76 bits per heavy atom. The second-order valence-corrected chi connectivity index (χ2v) is 5.66. The first-order valence-corrected chi connectivity index (χ1v) is 7.50. The van der Waals surface area contributed by atoms with Gasteiger partial charge in [0.15, 0.2) is 5.78 Å². The van der Waals surface area contributed by atoms with Crippen molar-refractivity contribution in [1.29, 1.82) is 0 Å². The lowest BCUT2D eigenvalue weighted by atomic mass is 9.88. The molecule has 21 heavy (non-hydrogen) atoms. The summed E-state index contributed by atoms with van der Waals surface area (Å²) in [4.78, 5) is 11.6. The summed E-state index contributed by atoms with van der Waals surface area (Å²) in [6, 6.07) is 12.3. The van der Waals surface area contributed by atoms with Crippen LogP contribution in [-0.4, -0.2) is 12.9 Å². The third-order valence-corrected chi connectivity index (χ3v) is 4.27. The summed E-state index contributed by atoms with van der Waals surface area (Å²) < 4.78 is 5.47. The van der Waals surface area contributed by atoms with Crippen LogP contribution in [0, 0.1) is 0 Å². The first-order chi connectivity index (χ1) is 10.2. The van der Waals surface area contributed by atoms with E-state index in [-0.39, 0.29) is 5.78 Å². The number of fused-ring (bicyclic) bond motifs is 1. The molecule has 1 aliphatic carbocycles. The molecule has 2 aromatic rings. The molecule has 2 aromatic carbocycles. The Bertz CT molecular complexity index is 686. The molecule has 0 amide bonds. The summed E-state index contributed by atoms with van der Waals surface area (Å²) in [6.45, 7) is 1.60. The smallest absolute Gasteiger partial charge is 0.159 e. The van der Waals surface area contributed by atoms with Gasteiger partial charge in [0, 0.05) is 11.1 Å². The third-order valence-electron chi connectivity index (χ3n) is 4.27. The monoisotopic (exact) mass is 280 g/mol. The van der Waals surface area contributed by atoms with E-state index >= 15 is 0 Å². The molecule has 3 rings (SSSR count). The zero-order valence-electron chi connectivity index (χ0n) is 12.6. The standard InChI is InChI=1S/C19H20O2/c1-13(20)15-9-10-19(21-2)18(12-15)17-8-7-14-5-3-4-6-16(14)11-17/h7-12H,3-6H2,1-2H3. The summed E-state index contributed by atoms with van der Waals surface area (Å²) >= 11 is 0. The molecule has 0 fully saturated rings. The lowest BCUT2D eigenvalue weighted by Crippen LogP contribution is -2.02. The van der Waals surface area contributed by atoms with E-state index in [0.29, 0.717) is 0 Å². The highest BCUT2D eigenvalue weighted by Gasteiger charge is 2.13. The third kappa shape index (κ3) is 2.71. The van der Waals surface area contributed by atoms with Crippen LogP contribution in [0.25, 0.3) is 11.1 Å². The van der Waals surface area contributed by atoms with E-state index in [2.05, 4.69) is 18.2 Å². The average Bonchev–Trinajstić information content (AvgIpc) is 2.53. The van der Waals surface area contributed by atoms with Crippen LogP contribution in [0.15, 0.2) is 36.4 Å².